The minimum absolute atomic E-state index is 0.239. The van der Waals surface area contributed by atoms with Crippen LogP contribution >= 0.6 is 0 Å². The highest BCUT2D eigenvalue weighted by molar-refractivity contribution is 4.93. The Hall–Kier alpha value is -0.0800. The van der Waals surface area contributed by atoms with Gasteiger partial charge in [0.1, 0.15) is 0 Å². The van der Waals surface area contributed by atoms with Gasteiger partial charge in [-0.1, -0.05) is 51.9 Å². The van der Waals surface area contributed by atoms with Gasteiger partial charge in [0.25, 0.3) is 0 Å². The fourth-order valence-electron chi connectivity index (χ4n) is 4.02. The van der Waals surface area contributed by atoms with E-state index < -0.39 is 0 Å². The van der Waals surface area contributed by atoms with Crippen LogP contribution in [0.1, 0.15) is 84.0 Å². The third-order valence-corrected chi connectivity index (χ3v) is 5.29. The molecule has 2 aliphatic rings. The van der Waals surface area contributed by atoms with E-state index in [0.29, 0.717) is 6.04 Å². The average Bonchev–Trinajstić information content (AvgIpc) is 2.86. The molecule has 2 heteroatoms. The van der Waals surface area contributed by atoms with Crippen molar-refractivity contribution in [3.8, 4) is 0 Å². The van der Waals surface area contributed by atoms with Gasteiger partial charge in [-0.2, -0.15) is 0 Å². The van der Waals surface area contributed by atoms with Gasteiger partial charge in [-0.05, 0) is 38.0 Å². The van der Waals surface area contributed by atoms with E-state index in [4.69, 9.17) is 10.5 Å². The lowest BCUT2D eigenvalue weighted by atomic mass is 9.79. The summed E-state index contributed by atoms with van der Waals surface area (Å²) in [4.78, 5) is 0. The van der Waals surface area contributed by atoms with Crippen molar-refractivity contribution in [3.63, 3.8) is 0 Å². The molecule has 1 aliphatic heterocycles. The standard InChI is InChI=1S/C17H33NO/c1-2-3-4-5-6-9-16(18)15-10-13-19-17(14-15)11-7-8-12-17/h15-16H,2-14,18H2,1H3. The number of ether oxygens (including phenoxy) is 1. The maximum absolute atomic E-state index is 6.46. The number of hydrogen-bond donors (Lipinski definition) is 1. The fraction of sp³-hybridized carbons (Fsp3) is 1.00. The van der Waals surface area contributed by atoms with Gasteiger partial charge >= 0.3 is 0 Å². The molecule has 2 nitrogen and oxygen atoms in total. The summed E-state index contributed by atoms with van der Waals surface area (Å²) in [6, 6.07) is 0.419. The smallest absolute Gasteiger partial charge is 0.0685 e. The molecule has 0 aromatic rings. The van der Waals surface area contributed by atoms with Crippen molar-refractivity contribution in [2.24, 2.45) is 11.7 Å². The highest BCUT2D eigenvalue weighted by atomic mass is 16.5. The molecule has 0 bridgehead atoms. The second-order valence-corrected chi connectivity index (χ2v) is 6.86. The second-order valence-electron chi connectivity index (χ2n) is 6.86. The monoisotopic (exact) mass is 267 g/mol. The van der Waals surface area contributed by atoms with Crippen molar-refractivity contribution in [2.45, 2.75) is 95.6 Å². The van der Waals surface area contributed by atoms with Gasteiger partial charge in [0.2, 0.25) is 0 Å². The molecule has 1 saturated carbocycles. The van der Waals surface area contributed by atoms with Crippen molar-refractivity contribution in [1.29, 1.82) is 0 Å². The third kappa shape index (κ3) is 4.46. The van der Waals surface area contributed by atoms with Gasteiger partial charge in [-0.25, -0.2) is 0 Å². The Bertz CT molecular complexity index is 248. The molecule has 1 spiro atoms. The zero-order valence-electron chi connectivity index (χ0n) is 12.8. The quantitative estimate of drug-likeness (QED) is 0.693. The molecule has 0 radical (unpaired) electrons. The lowest BCUT2D eigenvalue weighted by Gasteiger charge is -2.40. The van der Waals surface area contributed by atoms with Crippen LogP contribution in [-0.2, 0) is 4.74 Å². The maximum atomic E-state index is 6.46. The van der Waals surface area contributed by atoms with E-state index in [9.17, 15) is 0 Å². The lowest BCUT2D eigenvalue weighted by Crippen LogP contribution is -2.43. The Kier molecular flexibility index (Phi) is 6.15. The Labute approximate surface area is 119 Å². The van der Waals surface area contributed by atoms with Gasteiger partial charge in [0.15, 0.2) is 0 Å². The molecule has 1 saturated heterocycles. The Morgan fingerprint density at radius 3 is 2.63 bits per heavy atom. The summed E-state index contributed by atoms with van der Waals surface area (Å²) >= 11 is 0. The van der Waals surface area contributed by atoms with E-state index in [1.807, 2.05) is 0 Å². The summed E-state index contributed by atoms with van der Waals surface area (Å²) in [5, 5.41) is 0. The summed E-state index contributed by atoms with van der Waals surface area (Å²) in [5.41, 5.74) is 6.70. The van der Waals surface area contributed by atoms with Crippen molar-refractivity contribution in [3.05, 3.63) is 0 Å². The molecule has 2 atom stereocenters. The van der Waals surface area contributed by atoms with E-state index in [1.54, 1.807) is 0 Å². The number of nitrogens with two attached hydrogens (primary N) is 1. The van der Waals surface area contributed by atoms with Crippen molar-refractivity contribution in [1.82, 2.24) is 0 Å². The molecule has 19 heavy (non-hydrogen) atoms. The van der Waals surface area contributed by atoms with E-state index in [2.05, 4.69) is 6.92 Å². The first-order valence-corrected chi connectivity index (χ1v) is 8.65. The van der Waals surface area contributed by atoms with E-state index in [0.717, 1.165) is 12.5 Å². The van der Waals surface area contributed by atoms with E-state index in [1.165, 1.54) is 77.0 Å². The molecular weight excluding hydrogens is 234 g/mol. The average molecular weight is 267 g/mol. The van der Waals surface area contributed by atoms with Crippen LogP contribution in [0.3, 0.4) is 0 Å². The zero-order valence-corrected chi connectivity index (χ0v) is 12.8. The van der Waals surface area contributed by atoms with Crippen molar-refractivity contribution >= 4 is 0 Å². The van der Waals surface area contributed by atoms with Crippen LogP contribution < -0.4 is 5.73 Å². The van der Waals surface area contributed by atoms with E-state index in [-0.39, 0.29) is 5.60 Å². The van der Waals surface area contributed by atoms with Crippen LogP contribution in [0.2, 0.25) is 0 Å². The van der Waals surface area contributed by atoms with Gasteiger partial charge in [0.05, 0.1) is 5.60 Å². The first-order chi connectivity index (χ1) is 9.26. The molecule has 0 aromatic carbocycles. The van der Waals surface area contributed by atoms with Gasteiger partial charge in [-0.15, -0.1) is 0 Å². The predicted molar refractivity (Wildman–Crippen MR) is 81.2 cm³/mol. The van der Waals surface area contributed by atoms with Gasteiger partial charge in [0, 0.05) is 12.6 Å². The molecule has 2 unspecified atom stereocenters. The third-order valence-electron chi connectivity index (χ3n) is 5.29. The van der Waals surface area contributed by atoms with Crippen molar-refractivity contribution in [2.75, 3.05) is 6.61 Å². The lowest BCUT2D eigenvalue weighted by molar-refractivity contribution is -0.0965. The Balaban J connectivity index is 1.68. The SMILES string of the molecule is CCCCCCCC(N)C1CCOC2(CCCC2)C1. The Morgan fingerprint density at radius 2 is 1.89 bits per heavy atom. The number of unbranched alkanes of at least 4 members (excludes halogenated alkanes) is 4. The van der Waals surface area contributed by atoms with Crippen LogP contribution in [0.25, 0.3) is 0 Å². The molecule has 0 amide bonds. The predicted octanol–water partition coefficient (Wildman–Crippen LogP) is 4.41. The van der Waals surface area contributed by atoms with Gasteiger partial charge < -0.3 is 10.5 Å². The van der Waals surface area contributed by atoms with Crippen LogP contribution in [-0.4, -0.2) is 18.2 Å². The van der Waals surface area contributed by atoms with Gasteiger partial charge in [-0.3, -0.25) is 0 Å². The van der Waals surface area contributed by atoms with E-state index >= 15 is 0 Å². The first-order valence-electron chi connectivity index (χ1n) is 8.65. The highest BCUT2D eigenvalue weighted by Crippen LogP contribution is 2.43. The topological polar surface area (TPSA) is 35.2 Å². The molecular formula is C17H33NO. The molecule has 2 N–H and O–H groups in total. The fourth-order valence-corrected chi connectivity index (χ4v) is 4.02. The molecule has 1 heterocycles. The van der Waals surface area contributed by atoms with Crippen LogP contribution in [0.5, 0.6) is 0 Å². The second kappa shape index (κ2) is 7.64. The molecule has 0 aromatic heterocycles. The highest BCUT2D eigenvalue weighted by Gasteiger charge is 2.41. The zero-order chi connectivity index (χ0) is 13.6. The van der Waals surface area contributed by atoms with Crippen LogP contribution in [0.4, 0.5) is 0 Å². The summed E-state index contributed by atoms with van der Waals surface area (Å²) in [5.74, 6) is 0.720. The summed E-state index contributed by atoms with van der Waals surface area (Å²) in [7, 11) is 0. The van der Waals surface area contributed by atoms with Crippen LogP contribution in [0.15, 0.2) is 0 Å². The normalized spacial score (nSPS) is 27.8. The molecule has 1 aliphatic carbocycles. The van der Waals surface area contributed by atoms with Crippen LogP contribution in [0, 0.1) is 5.92 Å². The Morgan fingerprint density at radius 1 is 1.16 bits per heavy atom. The molecule has 112 valence electrons. The minimum atomic E-state index is 0.239. The largest absolute Gasteiger partial charge is 0.375 e. The summed E-state index contributed by atoms with van der Waals surface area (Å²) < 4.78 is 6.11. The minimum Gasteiger partial charge on any atom is -0.375 e. The number of rotatable bonds is 7. The molecule has 2 fully saturated rings. The molecule has 2 rings (SSSR count). The van der Waals surface area contributed by atoms with Crippen molar-refractivity contribution < 1.29 is 4.74 Å². The number of hydrogen-bond acceptors (Lipinski definition) is 2. The first kappa shape index (κ1) is 15.3. The maximum Gasteiger partial charge on any atom is 0.0685 e. The summed E-state index contributed by atoms with van der Waals surface area (Å²) in [6.45, 7) is 3.23. The summed E-state index contributed by atoms with van der Waals surface area (Å²) in [6.07, 6.45) is 15.7.